The van der Waals surface area contributed by atoms with Crippen molar-refractivity contribution in [1.82, 2.24) is 19.5 Å². The molecule has 0 spiro atoms. The SMILES string of the molecule is c1ccc(-c2nc(-c3cc(-c4ccccc4)c4c(c3)oc3ccccc34)nc(-n3c4ccccc4c4cc5c(cc43)C(c3ccccc3)(c3ccccc3)c3ccccc3-5)n2)cc1. The van der Waals surface area contributed by atoms with Gasteiger partial charge in [0.15, 0.2) is 11.6 Å². The van der Waals surface area contributed by atoms with Gasteiger partial charge in [-0.2, -0.15) is 9.97 Å². The van der Waals surface area contributed by atoms with Crippen molar-refractivity contribution in [2.75, 3.05) is 0 Å². The van der Waals surface area contributed by atoms with Crippen molar-refractivity contribution in [1.29, 1.82) is 0 Å². The van der Waals surface area contributed by atoms with E-state index in [-0.39, 0.29) is 0 Å². The minimum absolute atomic E-state index is 0.538. The molecule has 0 bridgehead atoms. The van der Waals surface area contributed by atoms with Crippen LogP contribution in [0.25, 0.3) is 94.7 Å². The lowest BCUT2D eigenvalue weighted by Gasteiger charge is -2.34. The van der Waals surface area contributed by atoms with Crippen LogP contribution < -0.4 is 0 Å². The minimum atomic E-state index is -0.570. The van der Waals surface area contributed by atoms with Crippen LogP contribution in [0.5, 0.6) is 0 Å². The van der Waals surface area contributed by atoms with Gasteiger partial charge in [-0.3, -0.25) is 4.57 Å². The summed E-state index contributed by atoms with van der Waals surface area (Å²) < 4.78 is 8.83. The number of hydrogen-bond acceptors (Lipinski definition) is 4. The summed E-state index contributed by atoms with van der Waals surface area (Å²) in [6, 6.07) is 77.4. The second-order valence-electron chi connectivity index (χ2n) is 16.3. The normalized spacial score (nSPS) is 12.9. The Balaban J connectivity index is 1.12. The third-order valence-electron chi connectivity index (χ3n) is 12.9. The molecule has 0 amide bonds. The highest BCUT2D eigenvalue weighted by atomic mass is 16.3. The van der Waals surface area contributed by atoms with Crippen LogP contribution in [0, 0.1) is 0 Å². The van der Waals surface area contributed by atoms with Gasteiger partial charge in [0.25, 0.3) is 0 Å². The molecular weight excluding hydrogens is 769 g/mol. The highest BCUT2D eigenvalue weighted by Gasteiger charge is 2.46. The van der Waals surface area contributed by atoms with Crippen LogP contribution in [0.3, 0.4) is 0 Å². The van der Waals surface area contributed by atoms with E-state index in [0.717, 1.165) is 66.0 Å². The zero-order valence-electron chi connectivity index (χ0n) is 34.0. The predicted molar refractivity (Wildman–Crippen MR) is 255 cm³/mol. The second kappa shape index (κ2) is 13.8. The lowest BCUT2D eigenvalue weighted by Crippen LogP contribution is -2.28. The van der Waals surface area contributed by atoms with E-state index in [1.807, 2.05) is 36.4 Å². The number of fused-ring (bicyclic) bond motifs is 9. The number of benzene rings is 9. The molecule has 1 aliphatic carbocycles. The van der Waals surface area contributed by atoms with Crippen molar-refractivity contribution in [3.8, 4) is 51.0 Å². The molecule has 0 fully saturated rings. The molecule has 13 rings (SSSR count). The predicted octanol–water partition coefficient (Wildman–Crippen LogP) is 14.2. The Morgan fingerprint density at radius 1 is 0.365 bits per heavy atom. The van der Waals surface area contributed by atoms with Crippen molar-refractivity contribution in [3.05, 3.63) is 241 Å². The quantitative estimate of drug-likeness (QED) is 0.168. The first-order valence-electron chi connectivity index (χ1n) is 21.4. The maximum Gasteiger partial charge on any atom is 0.238 e. The van der Waals surface area contributed by atoms with Gasteiger partial charge in [-0.05, 0) is 80.9 Å². The van der Waals surface area contributed by atoms with Gasteiger partial charge < -0.3 is 4.42 Å². The maximum absolute atomic E-state index is 6.59. The highest BCUT2D eigenvalue weighted by Crippen LogP contribution is 2.57. The lowest BCUT2D eigenvalue weighted by molar-refractivity contribution is 0.669. The van der Waals surface area contributed by atoms with Crippen LogP contribution in [-0.2, 0) is 5.41 Å². The summed E-state index contributed by atoms with van der Waals surface area (Å²) >= 11 is 0. The molecule has 1 aliphatic rings. The van der Waals surface area contributed by atoms with Crippen molar-refractivity contribution in [2.24, 2.45) is 0 Å². The Labute approximate surface area is 363 Å². The van der Waals surface area contributed by atoms with E-state index in [9.17, 15) is 0 Å². The molecule has 0 unspecified atom stereocenters. The standard InChI is InChI=1S/C58H36N4O/c1-5-19-37(20-6-1)45-33-39(34-53-54(45)44-29-15-18-32-52(44)63-53)56-59-55(38-21-7-2-8-22-38)60-57(61-56)62-50-31-17-14-28-43(50)47-35-46-42-27-13-16-30-48(42)58(49(46)36-51(47)62,40-23-9-3-10-24-40)41-25-11-4-12-26-41/h1-36H. The molecule has 294 valence electrons. The van der Waals surface area contributed by atoms with E-state index in [1.165, 1.54) is 33.4 Å². The molecule has 0 atom stereocenters. The monoisotopic (exact) mass is 804 g/mol. The number of para-hydroxylation sites is 2. The zero-order chi connectivity index (χ0) is 41.5. The van der Waals surface area contributed by atoms with Crippen LogP contribution >= 0.6 is 0 Å². The van der Waals surface area contributed by atoms with E-state index in [0.29, 0.717) is 17.6 Å². The summed E-state index contributed by atoms with van der Waals surface area (Å²) in [5.41, 5.74) is 14.4. The molecule has 12 aromatic rings. The number of aromatic nitrogens is 4. The third-order valence-corrected chi connectivity index (χ3v) is 12.9. The van der Waals surface area contributed by atoms with Crippen molar-refractivity contribution >= 4 is 43.7 Å². The van der Waals surface area contributed by atoms with Gasteiger partial charge in [0, 0.05) is 32.7 Å². The van der Waals surface area contributed by atoms with Gasteiger partial charge in [0.05, 0.1) is 16.4 Å². The van der Waals surface area contributed by atoms with E-state index in [1.54, 1.807) is 0 Å². The topological polar surface area (TPSA) is 56.7 Å². The average molecular weight is 805 g/mol. The summed E-state index contributed by atoms with van der Waals surface area (Å²) in [6.07, 6.45) is 0. The fourth-order valence-electron chi connectivity index (χ4n) is 10.3. The van der Waals surface area contributed by atoms with E-state index in [2.05, 4.69) is 187 Å². The second-order valence-corrected chi connectivity index (χ2v) is 16.3. The van der Waals surface area contributed by atoms with E-state index in [4.69, 9.17) is 19.4 Å². The molecule has 0 saturated heterocycles. The van der Waals surface area contributed by atoms with Crippen molar-refractivity contribution < 1.29 is 4.42 Å². The lowest BCUT2D eigenvalue weighted by atomic mass is 9.67. The molecule has 5 heteroatoms. The molecule has 3 aromatic heterocycles. The van der Waals surface area contributed by atoms with Crippen LogP contribution in [0.2, 0.25) is 0 Å². The Hall–Kier alpha value is -8.41. The minimum Gasteiger partial charge on any atom is -0.456 e. The third kappa shape index (κ3) is 5.27. The Morgan fingerprint density at radius 3 is 1.68 bits per heavy atom. The first kappa shape index (κ1) is 35.4. The van der Waals surface area contributed by atoms with Crippen LogP contribution in [0.4, 0.5) is 0 Å². The van der Waals surface area contributed by atoms with E-state index < -0.39 is 5.41 Å². The fraction of sp³-hybridized carbons (Fsp3) is 0.0172. The molecular formula is C58H36N4O. The maximum atomic E-state index is 6.59. The zero-order valence-corrected chi connectivity index (χ0v) is 34.0. The summed E-state index contributed by atoms with van der Waals surface area (Å²) in [5, 5.41) is 4.40. The average Bonchev–Trinajstić information content (AvgIpc) is 4.00. The van der Waals surface area contributed by atoms with Crippen molar-refractivity contribution in [2.45, 2.75) is 5.41 Å². The van der Waals surface area contributed by atoms with E-state index >= 15 is 0 Å². The van der Waals surface area contributed by atoms with Crippen LogP contribution in [-0.4, -0.2) is 19.5 Å². The summed E-state index contributed by atoms with van der Waals surface area (Å²) in [4.78, 5) is 16.1. The van der Waals surface area contributed by atoms with Crippen molar-refractivity contribution in [3.63, 3.8) is 0 Å². The first-order valence-corrected chi connectivity index (χ1v) is 21.4. The van der Waals surface area contributed by atoms with Gasteiger partial charge in [0.1, 0.15) is 11.2 Å². The van der Waals surface area contributed by atoms with Gasteiger partial charge in [-0.1, -0.05) is 182 Å². The Kier molecular flexibility index (Phi) is 7.75. The van der Waals surface area contributed by atoms with Gasteiger partial charge in [-0.15, -0.1) is 0 Å². The molecule has 0 N–H and O–H groups in total. The van der Waals surface area contributed by atoms with Gasteiger partial charge in [-0.25, -0.2) is 4.98 Å². The molecule has 5 nitrogen and oxygen atoms in total. The van der Waals surface area contributed by atoms with Crippen LogP contribution in [0.1, 0.15) is 22.3 Å². The van der Waals surface area contributed by atoms with Crippen LogP contribution in [0.15, 0.2) is 223 Å². The number of hydrogen-bond donors (Lipinski definition) is 0. The summed E-state index contributed by atoms with van der Waals surface area (Å²) in [7, 11) is 0. The summed E-state index contributed by atoms with van der Waals surface area (Å²) in [5.74, 6) is 1.68. The molecule has 0 saturated carbocycles. The Bertz CT molecular complexity index is 3690. The number of nitrogens with zero attached hydrogens (tertiary/aromatic N) is 4. The fourth-order valence-corrected chi connectivity index (χ4v) is 10.3. The van der Waals surface area contributed by atoms with Gasteiger partial charge in [0.2, 0.25) is 5.95 Å². The Morgan fingerprint density at radius 2 is 0.952 bits per heavy atom. The van der Waals surface area contributed by atoms with Gasteiger partial charge >= 0.3 is 0 Å². The summed E-state index contributed by atoms with van der Waals surface area (Å²) in [6.45, 7) is 0. The first-order chi connectivity index (χ1) is 31.2. The molecule has 0 aliphatic heterocycles. The number of furan rings is 1. The number of rotatable bonds is 6. The molecule has 9 aromatic carbocycles. The molecule has 0 radical (unpaired) electrons. The highest BCUT2D eigenvalue weighted by molar-refractivity contribution is 6.14. The molecule has 63 heavy (non-hydrogen) atoms. The largest absolute Gasteiger partial charge is 0.456 e. The smallest absolute Gasteiger partial charge is 0.238 e. The molecule has 3 heterocycles.